The molecule has 9 heteroatoms. The number of nitrogens with one attached hydrogen (secondary N) is 1. The third kappa shape index (κ3) is 4.07. The molecule has 124 valence electrons. The molecule has 1 aromatic rings. The summed E-state index contributed by atoms with van der Waals surface area (Å²) in [6, 6.07) is 6.52. The summed E-state index contributed by atoms with van der Waals surface area (Å²) < 4.78 is 30.9. The first-order chi connectivity index (χ1) is 10.8. The predicted molar refractivity (Wildman–Crippen MR) is 82.1 cm³/mol. The molecular formula is C14H17N3O5S. The van der Waals surface area contributed by atoms with E-state index in [1.807, 2.05) is 0 Å². The third-order valence-electron chi connectivity index (χ3n) is 3.18. The fraction of sp³-hybridized carbons (Fsp3) is 0.357. The van der Waals surface area contributed by atoms with Gasteiger partial charge in [-0.2, -0.15) is 0 Å². The van der Waals surface area contributed by atoms with Gasteiger partial charge in [-0.3, -0.25) is 19.3 Å². The van der Waals surface area contributed by atoms with Crippen LogP contribution in [0.2, 0.25) is 0 Å². The molecule has 2 rings (SSSR count). The van der Waals surface area contributed by atoms with Gasteiger partial charge in [-0.15, -0.1) is 0 Å². The minimum atomic E-state index is -3.56. The number of amidine groups is 1. The van der Waals surface area contributed by atoms with Gasteiger partial charge in [-0.1, -0.05) is 12.1 Å². The SMILES string of the molecule is CC(OC(=O)CCCN=C1NS(=O)(=O)c2ccccc21)C(N)=O. The smallest absolute Gasteiger partial charge is 0.306 e. The Kier molecular flexibility index (Phi) is 4.99. The van der Waals surface area contributed by atoms with Crippen molar-refractivity contribution in [3.8, 4) is 0 Å². The highest BCUT2D eigenvalue weighted by atomic mass is 32.2. The minimum absolute atomic E-state index is 0.0583. The molecular weight excluding hydrogens is 322 g/mol. The number of benzene rings is 1. The molecule has 23 heavy (non-hydrogen) atoms. The number of aliphatic imine (C=N–C) groups is 1. The van der Waals surface area contributed by atoms with Crippen LogP contribution in [0.25, 0.3) is 0 Å². The first-order valence-corrected chi connectivity index (χ1v) is 8.45. The van der Waals surface area contributed by atoms with Crippen molar-refractivity contribution in [2.75, 3.05) is 6.54 Å². The van der Waals surface area contributed by atoms with Crippen molar-refractivity contribution in [1.29, 1.82) is 0 Å². The summed E-state index contributed by atoms with van der Waals surface area (Å²) in [7, 11) is -3.56. The van der Waals surface area contributed by atoms with E-state index in [-0.39, 0.29) is 23.7 Å². The third-order valence-corrected chi connectivity index (χ3v) is 4.58. The molecule has 3 N–H and O–H groups in total. The van der Waals surface area contributed by atoms with Gasteiger partial charge in [0.25, 0.3) is 15.9 Å². The van der Waals surface area contributed by atoms with Crippen molar-refractivity contribution in [2.45, 2.75) is 30.8 Å². The molecule has 0 spiro atoms. The van der Waals surface area contributed by atoms with E-state index in [0.717, 1.165) is 0 Å². The number of nitrogens with zero attached hydrogens (tertiary/aromatic N) is 1. The highest BCUT2D eigenvalue weighted by molar-refractivity contribution is 7.90. The van der Waals surface area contributed by atoms with Crippen LogP contribution in [0.4, 0.5) is 0 Å². The monoisotopic (exact) mass is 339 g/mol. The molecule has 1 atom stereocenters. The number of fused-ring (bicyclic) bond motifs is 1. The van der Waals surface area contributed by atoms with Crippen molar-refractivity contribution in [2.24, 2.45) is 10.7 Å². The van der Waals surface area contributed by atoms with Crippen LogP contribution in [-0.4, -0.2) is 38.8 Å². The van der Waals surface area contributed by atoms with E-state index in [1.165, 1.54) is 13.0 Å². The highest BCUT2D eigenvalue weighted by Crippen LogP contribution is 2.22. The Balaban J connectivity index is 1.91. The number of esters is 1. The Morgan fingerprint density at radius 1 is 1.35 bits per heavy atom. The van der Waals surface area contributed by atoms with Crippen LogP contribution < -0.4 is 10.5 Å². The fourth-order valence-electron chi connectivity index (χ4n) is 1.98. The lowest BCUT2D eigenvalue weighted by Gasteiger charge is -2.08. The van der Waals surface area contributed by atoms with Crippen molar-refractivity contribution in [1.82, 2.24) is 4.72 Å². The number of nitrogens with two attached hydrogens (primary N) is 1. The van der Waals surface area contributed by atoms with Gasteiger partial charge in [0.05, 0.1) is 4.90 Å². The summed E-state index contributed by atoms with van der Waals surface area (Å²) in [6.45, 7) is 1.64. The Hall–Kier alpha value is -2.42. The largest absolute Gasteiger partial charge is 0.453 e. The number of ether oxygens (including phenoxy) is 1. The van der Waals surface area contributed by atoms with E-state index < -0.39 is 28.0 Å². The molecule has 0 saturated carbocycles. The minimum Gasteiger partial charge on any atom is -0.453 e. The molecule has 1 aliphatic heterocycles. The molecule has 0 aliphatic carbocycles. The van der Waals surface area contributed by atoms with E-state index in [2.05, 4.69) is 9.71 Å². The lowest BCUT2D eigenvalue weighted by Crippen LogP contribution is -2.30. The fourth-order valence-corrected chi connectivity index (χ4v) is 3.23. The Morgan fingerprint density at radius 3 is 2.74 bits per heavy atom. The number of amides is 1. The van der Waals surface area contributed by atoms with Gasteiger partial charge < -0.3 is 10.5 Å². The van der Waals surface area contributed by atoms with Crippen LogP contribution in [0.1, 0.15) is 25.3 Å². The highest BCUT2D eigenvalue weighted by Gasteiger charge is 2.29. The number of carbonyl (C=O) groups is 2. The number of hydrogen-bond acceptors (Lipinski definition) is 6. The van der Waals surface area contributed by atoms with Crippen molar-refractivity contribution in [3.05, 3.63) is 29.8 Å². The van der Waals surface area contributed by atoms with Gasteiger partial charge >= 0.3 is 5.97 Å². The van der Waals surface area contributed by atoms with E-state index in [0.29, 0.717) is 12.0 Å². The van der Waals surface area contributed by atoms with Crippen LogP contribution in [-0.2, 0) is 24.3 Å². The van der Waals surface area contributed by atoms with Crippen LogP contribution in [0.15, 0.2) is 34.2 Å². The summed E-state index contributed by atoms with van der Waals surface area (Å²) >= 11 is 0. The number of hydrogen-bond donors (Lipinski definition) is 2. The molecule has 0 aromatic heterocycles. The topological polar surface area (TPSA) is 128 Å². The molecule has 1 aromatic carbocycles. The predicted octanol–water partition coefficient (Wildman–Crippen LogP) is -0.0777. The Bertz CT molecular complexity index is 757. The van der Waals surface area contributed by atoms with Gasteiger partial charge in [0.2, 0.25) is 0 Å². The zero-order chi connectivity index (χ0) is 17.0. The molecule has 1 aliphatic rings. The normalized spacial score (nSPS) is 18.0. The van der Waals surface area contributed by atoms with Crippen LogP contribution in [0.5, 0.6) is 0 Å². The average molecular weight is 339 g/mol. The molecule has 1 amide bonds. The summed E-state index contributed by atoms with van der Waals surface area (Å²) in [6.07, 6.45) is -0.553. The summed E-state index contributed by atoms with van der Waals surface area (Å²) in [5.41, 5.74) is 5.50. The van der Waals surface area contributed by atoms with E-state index in [9.17, 15) is 18.0 Å². The van der Waals surface area contributed by atoms with E-state index >= 15 is 0 Å². The molecule has 8 nitrogen and oxygen atoms in total. The standard InChI is InChI=1S/C14H17N3O5S/c1-9(13(15)19)22-12(18)7-4-8-16-14-10-5-2-3-6-11(10)23(20,21)17-14/h2-3,5-6,9H,4,7-8H2,1H3,(H2,15,19)(H,16,17). The number of primary amides is 1. The summed E-state index contributed by atoms with van der Waals surface area (Å²) in [5.74, 6) is -1.00. The average Bonchev–Trinajstić information content (AvgIpc) is 2.75. The van der Waals surface area contributed by atoms with Crippen molar-refractivity contribution < 1.29 is 22.7 Å². The van der Waals surface area contributed by atoms with E-state index in [4.69, 9.17) is 10.5 Å². The quantitative estimate of drug-likeness (QED) is 0.553. The van der Waals surface area contributed by atoms with Crippen LogP contribution in [0.3, 0.4) is 0 Å². The molecule has 0 bridgehead atoms. The molecule has 0 radical (unpaired) electrons. The van der Waals surface area contributed by atoms with Gasteiger partial charge in [0.1, 0.15) is 5.84 Å². The molecule has 1 unspecified atom stereocenters. The van der Waals surface area contributed by atoms with Gasteiger partial charge in [0.15, 0.2) is 6.10 Å². The number of carbonyl (C=O) groups excluding carboxylic acids is 2. The van der Waals surface area contributed by atoms with Gasteiger partial charge in [-0.25, -0.2) is 8.42 Å². The lowest BCUT2D eigenvalue weighted by atomic mass is 10.2. The zero-order valence-corrected chi connectivity index (χ0v) is 13.3. The van der Waals surface area contributed by atoms with Gasteiger partial charge in [-0.05, 0) is 25.5 Å². The number of rotatable bonds is 6. The Labute approximate surface area is 133 Å². The summed E-state index contributed by atoms with van der Waals surface area (Å²) in [5, 5.41) is 0. The first kappa shape index (κ1) is 16.9. The van der Waals surface area contributed by atoms with Crippen molar-refractivity contribution in [3.63, 3.8) is 0 Å². The second-order valence-corrected chi connectivity index (χ2v) is 6.62. The summed E-state index contributed by atoms with van der Waals surface area (Å²) in [4.78, 5) is 26.6. The maximum atomic E-state index is 11.9. The van der Waals surface area contributed by atoms with Gasteiger partial charge in [0, 0.05) is 18.5 Å². The molecule has 0 saturated heterocycles. The zero-order valence-electron chi connectivity index (χ0n) is 12.5. The molecule has 0 fully saturated rings. The van der Waals surface area contributed by atoms with Crippen molar-refractivity contribution >= 4 is 27.7 Å². The Morgan fingerprint density at radius 2 is 2.04 bits per heavy atom. The number of sulfonamides is 1. The lowest BCUT2D eigenvalue weighted by molar-refractivity contribution is -0.153. The van der Waals surface area contributed by atoms with Crippen LogP contribution in [0, 0.1) is 0 Å². The second kappa shape index (κ2) is 6.78. The maximum absolute atomic E-state index is 11.9. The van der Waals surface area contributed by atoms with Crippen LogP contribution >= 0.6 is 0 Å². The second-order valence-electron chi connectivity index (χ2n) is 4.97. The van der Waals surface area contributed by atoms with E-state index in [1.54, 1.807) is 18.2 Å². The maximum Gasteiger partial charge on any atom is 0.306 e. The first-order valence-electron chi connectivity index (χ1n) is 6.97. The molecule has 1 heterocycles.